The molecule has 2 aromatic carbocycles. The number of carbonyl (C=O) groups excluding carboxylic acids is 2. The first-order chi connectivity index (χ1) is 12.8. The zero-order chi connectivity index (χ0) is 20.0. The van der Waals surface area contributed by atoms with Gasteiger partial charge in [0.1, 0.15) is 0 Å². The molecule has 0 saturated carbocycles. The Bertz CT molecular complexity index is 779. The second-order valence-electron chi connectivity index (χ2n) is 7.23. The topological polar surface area (TPSA) is 52.7 Å². The van der Waals surface area contributed by atoms with Crippen molar-refractivity contribution in [3.8, 4) is 0 Å². The van der Waals surface area contributed by atoms with E-state index in [9.17, 15) is 9.59 Å². The SMILES string of the molecule is Cc1cc(C)c(NC(=O)CN(C)CC(=O)N(C)Cc2ccccc2)c(C)c1. The summed E-state index contributed by atoms with van der Waals surface area (Å²) in [5.74, 6) is -0.136. The van der Waals surface area contributed by atoms with Gasteiger partial charge in [-0.3, -0.25) is 14.5 Å². The molecule has 0 radical (unpaired) electrons. The smallest absolute Gasteiger partial charge is 0.238 e. The molecule has 0 heterocycles. The quantitative estimate of drug-likeness (QED) is 0.818. The molecule has 5 nitrogen and oxygen atoms in total. The number of aryl methyl sites for hydroxylation is 3. The lowest BCUT2D eigenvalue weighted by Crippen LogP contribution is -2.39. The molecule has 0 unspecified atom stereocenters. The zero-order valence-corrected chi connectivity index (χ0v) is 16.9. The Balaban J connectivity index is 1.86. The van der Waals surface area contributed by atoms with Gasteiger partial charge in [0.25, 0.3) is 0 Å². The van der Waals surface area contributed by atoms with Gasteiger partial charge in [0.05, 0.1) is 13.1 Å². The second-order valence-corrected chi connectivity index (χ2v) is 7.23. The van der Waals surface area contributed by atoms with E-state index in [-0.39, 0.29) is 24.9 Å². The average molecular weight is 367 g/mol. The van der Waals surface area contributed by atoms with E-state index in [1.165, 1.54) is 5.56 Å². The predicted molar refractivity (Wildman–Crippen MR) is 110 cm³/mol. The molecule has 0 spiro atoms. The van der Waals surface area contributed by atoms with Crippen molar-refractivity contribution in [2.45, 2.75) is 27.3 Å². The van der Waals surface area contributed by atoms with E-state index in [0.717, 1.165) is 22.4 Å². The van der Waals surface area contributed by atoms with Crippen LogP contribution in [0.5, 0.6) is 0 Å². The number of rotatable bonds is 7. The number of anilines is 1. The van der Waals surface area contributed by atoms with Crippen LogP contribution in [-0.2, 0) is 16.1 Å². The van der Waals surface area contributed by atoms with Gasteiger partial charge in [-0.25, -0.2) is 0 Å². The third-order valence-electron chi connectivity index (χ3n) is 4.45. The van der Waals surface area contributed by atoms with Crippen LogP contribution >= 0.6 is 0 Å². The number of carbonyl (C=O) groups is 2. The van der Waals surface area contributed by atoms with Gasteiger partial charge in [0.2, 0.25) is 11.8 Å². The molecule has 0 aliphatic heterocycles. The Labute approximate surface area is 162 Å². The number of nitrogens with zero attached hydrogens (tertiary/aromatic N) is 2. The fraction of sp³-hybridized carbons (Fsp3) is 0.364. The molecular formula is C22H29N3O2. The maximum atomic E-state index is 12.4. The van der Waals surface area contributed by atoms with Gasteiger partial charge < -0.3 is 10.2 Å². The first-order valence-corrected chi connectivity index (χ1v) is 9.10. The molecule has 0 aliphatic carbocycles. The van der Waals surface area contributed by atoms with E-state index in [0.29, 0.717) is 6.54 Å². The van der Waals surface area contributed by atoms with Gasteiger partial charge in [0.15, 0.2) is 0 Å². The Hall–Kier alpha value is -2.66. The van der Waals surface area contributed by atoms with Crippen molar-refractivity contribution in [3.05, 3.63) is 64.7 Å². The van der Waals surface area contributed by atoms with E-state index < -0.39 is 0 Å². The summed E-state index contributed by atoms with van der Waals surface area (Å²) in [6.07, 6.45) is 0. The molecule has 144 valence electrons. The lowest BCUT2D eigenvalue weighted by Gasteiger charge is -2.22. The van der Waals surface area contributed by atoms with Crippen LogP contribution in [0, 0.1) is 20.8 Å². The number of hydrogen-bond donors (Lipinski definition) is 1. The summed E-state index contributed by atoms with van der Waals surface area (Å²) >= 11 is 0. The monoisotopic (exact) mass is 367 g/mol. The van der Waals surface area contributed by atoms with Gasteiger partial charge >= 0.3 is 0 Å². The van der Waals surface area contributed by atoms with E-state index in [1.807, 2.05) is 63.2 Å². The number of benzene rings is 2. The third-order valence-corrected chi connectivity index (χ3v) is 4.45. The van der Waals surface area contributed by atoms with Crippen LogP contribution in [0.15, 0.2) is 42.5 Å². The van der Waals surface area contributed by atoms with Crippen molar-refractivity contribution >= 4 is 17.5 Å². The van der Waals surface area contributed by atoms with E-state index in [1.54, 1.807) is 23.9 Å². The molecule has 0 bridgehead atoms. The number of hydrogen-bond acceptors (Lipinski definition) is 3. The van der Waals surface area contributed by atoms with Gasteiger partial charge in [-0.1, -0.05) is 48.0 Å². The molecule has 0 aromatic heterocycles. The molecule has 2 aromatic rings. The summed E-state index contributed by atoms with van der Waals surface area (Å²) in [7, 11) is 3.56. The first-order valence-electron chi connectivity index (χ1n) is 9.10. The molecular weight excluding hydrogens is 338 g/mol. The molecule has 27 heavy (non-hydrogen) atoms. The van der Waals surface area contributed by atoms with Crippen molar-refractivity contribution < 1.29 is 9.59 Å². The van der Waals surface area contributed by atoms with Crippen LogP contribution in [0.3, 0.4) is 0 Å². The summed E-state index contributed by atoms with van der Waals surface area (Å²) < 4.78 is 0. The number of likely N-dealkylation sites (N-methyl/N-ethyl adjacent to an activating group) is 2. The highest BCUT2D eigenvalue weighted by Crippen LogP contribution is 2.21. The average Bonchev–Trinajstić information content (AvgIpc) is 2.58. The minimum atomic E-state index is -0.119. The highest BCUT2D eigenvalue weighted by atomic mass is 16.2. The summed E-state index contributed by atoms with van der Waals surface area (Å²) in [6, 6.07) is 14.0. The van der Waals surface area contributed by atoms with Crippen molar-refractivity contribution in [1.29, 1.82) is 0 Å². The number of amides is 2. The van der Waals surface area contributed by atoms with Crippen LogP contribution in [-0.4, -0.2) is 48.8 Å². The molecule has 0 fully saturated rings. The van der Waals surface area contributed by atoms with Gasteiger partial charge in [0, 0.05) is 19.3 Å². The molecule has 0 saturated heterocycles. The van der Waals surface area contributed by atoms with Gasteiger partial charge in [-0.15, -0.1) is 0 Å². The van der Waals surface area contributed by atoms with E-state index >= 15 is 0 Å². The highest BCUT2D eigenvalue weighted by molar-refractivity contribution is 5.94. The highest BCUT2D eigenvalue weighted by Gasteiger charge is 2.15. The Kier molecular flexibility index (Phi) is 7.13. The van der Waals surface area contributed by atoms with Crippen molar-refractivity contribution in [3.63, 3.8) is 0 Å². The third kappa shape index (κ3) is 6.22. The fourth-order valence-corrected chi connectivity index (χ4v) is 3.15. The lowest BCUT2D eigenvalue weighted by atomic mass is 10.1. The molecule has 2 amide bonds. The zero-order valence-electron chi connectivity index (χ0n) is 16.9. The van der Waals surface area contributed by atoms with Gasteiger partial charge in [-0.05, 0) is 44.5 Å². The van der Waals surface area contributed by atoms with Crippen molar-refractivity contribution in [1.82, 2.24) is 9.80 Å². The van der Waals surface area contributed by atoms with Crippen LogP contribution in [0.25, 0.3) is 0 Å². The van der Waals surface area contributed by atoms with Crippen LogP contribution in [0.4, 0.5) is 5.69 Å². The van der Waals surface area contributed by atoms with Gasteiger partial charge in [-0.2, -0.15) is 0 Å². The van der Waals surface area contributed by atoms with Crippen LogP contribution in [0.2, 0.25) is 0 Å². The second kappa shape index (κ2) is 9.33. The van der Waals surface area contributed by atoms with Crippen molar-refractivity contribution in [2.24, 2.45) is 0 Å². The summed E-state index contributed by atoms with van der Waals surface area (Å²) in [5.41, 5.74) is 5.20. The molecule has 2 rings (SSSR count). The maximum absolute atomic E-state index is 12.4. The predicted octanol–water partition coefficient (Wildman–Crippen LogP) is 3.14. The molecule has 5 heteroatoms. The van der Waals surface area contributed by atoms with Crippen LogP contribution < -0.4 is 5.32 Å². The fourth-order valence-electron chi connectivity index (χ4n) is 3.15. The lowest BCUT2D eigenvalue weighted by molar-refractivity contribution is -0.131. The Morgan fingerprint density at radius 3 is 2.11 bits per heavy atom. The van der Waals surface area contributed by atoms with E-state index in [4.69, 9.17) is 0 Å². The standard InChI is InChI=1S/C22H29N3O2/c1-16-11-17(2)22(18(3)12-16)23-20(26)14-24(4)15-21(27)25(5)13-19-9-7-6-8-10-19/h6-12H,13-15H2,1-5H3,(H,23,26). The maximum Gasteiger partial charge on any atom is 0.238 e. The normalized spacial score (nSPS) is 10.7. The van der Waals surface area contributed by atoms with Crippen molar-refractivity contribution in [2.75, 3.05) is 32.5 Å². The minimum absolute atomic E-state index is 0.0168. The Morgan fingerprint density at radius 1 is 0.926 bits per heavy atom. The van der Waals surface area contributed by atoms with Crippen LogP contribution in [0.1, 0.15) is 22.3 Å². The first kappa shape index (κ1) is 20.6. The summed E-state index contributed by atoms with van der Waals surface area (Å²) in [4.78, 5) is 28.2. The van der Waals surface area contributed by atoms with E-state index in [2.05, 4.69) is 5.32 Å². The molecule has 1 N–H and O–H groups in total. The molecule has 0 atom stereocenters. The number of nitrogens with one attached hydrogen (secondary N) is 1. The minimum Gasteiger partial charge on any atom is -0.340 e. The molecule has 0 aliphatic rings. The summed E-state index contributed by atoms with van der Waals surface area (Å²) in [5, 5.41) is 2.97. The largest absolute Gasteiger partial charge is 0.340 e. The Morgan fingerprint density at radius 2 is 1.52 bits per heavy atom. The summed E-state index contributed by atoms with van der Waals surface area (Å²) in [6.45, 7) is 6.93.